The molecule has 1 unspecified atom stereocenters. The van der Waals surface area contributed by atoms with E-state index in [9.17, 15) is 9.59 Å². The van der Waals surface area contributed by atoms with Crippen LogP contribution in [0.2, 0.25) is 0 Å². The van der Waals surface area contributed by atoms with E-state index in [1.807, 2.05) is 11.8 Å². The van der Waals surface area contributed by atoms with Gasteiger partial charge in [0.05, 0.1) is 11.8 Å². The average Bonchev–Trinajstić information content (AvgIpc) is 2.85. The molecule has 0 aromatic heterocycles. The molecule has 1 saturated carbocycles. The zero-order valence-corrected chi connectivity index (χ0v) is 9.26. The molecule has 0 spiro atoms. The highest BCUT2D eigenvalue weighted by molar-refractivity contribution is 8.00. The Kier molecular flexibility index (Phi) is 3.19. The van der Waals surface area contributed by atoms with Gasteiger partial charge < -0.3 is 10.4 Å². The summed E-state index contributed by atoms with van der Waals surface area (Å²) < 4.78 is 0. The monoisotopic (exact) mass is 229 g/mol. The second-order valence-corrected chi connectivity index (χ2v) is 5.58. The summed E-state index contributed by atoms with van der Waals surface area (Å²) in [6.07, 6.45) is 2.91. The first-order valence-electron chi connectivity index (χ1n) is 5.30. The summed E-state index contributed by atoms with van der Waals surface area (Å²) in [6.45, 7) is 0.701. The maximum atomic E-state index is 11.5. The summed E-state index contributed by atoms with van der Waals surface area (Å²) >= 11 is 1.89. The van der Waals surface area contributed by atoms with E-state index < -0.39 is 11.9 Å². The molecule has 1 amide bonds. The maximum absolute atomic E-state index is 11.5. The van der Waals surface area contributed by atoms with Crippen molar-refractivity contribution in [1.29, 1.82) is 0 Å². The lowest BCUT2D eigenvalue weighted by molar-refractivity contribution is -0.140. The van der Waals surface area contributed by atoms with Crippen molar-refractivity contribution < 1.29 is 14.7 Å². The molecule has 84 valence electrons. The number of carboxylic acids is 1. The molecular formula is C10H15NO3S. The molecule has 5 heteroatoms. The molecule has 4 nitrogen and oxygen atoms in total. The summed E-state index contributed by atoms with van der Waals surface area (Å²) in [5.74, 6) is -0.433. The van der Waals surface area contributed by atoms with Gasteiger partial charge in [-0.25, -0.2) is 0 Å². The van der Waals surface area contributed by atoms with Crippen molar-refractivity contribution in [1.82, 2.24) is 5.32 Å². The minimum Gasteiger partial charge on any atom is -0.481 e. The Morgan fingerprint density at radius 1 is 1.40 bits per heavy atom. The number of hydrogen-bond donors (Lipinski definition) is 2. The third kappa shape index (κ3) is 2.65. The van der Waals surface area contributed by atoms with Gasteiger partial charge in [-0.1, -0.05) is 0 Å². The van der Waals surface area contributed by atoms with Gasteiger partial charge in [-0.2, -0.15) is 11.8 Å². The smallest absolute Gasteiger partial charge is 0.307 e. The van der Waals surface area contributed by atoms with E-state index in [2.05, 4.69) is 5.32 Å². The van der Waals surface area contributed by atoms with Crippen LogP contribution in [0.3, 0.4) is 0 Å². The van der Waals surface area contributed by atoms with Crippen LogP contribution in [0.5, 0.6) is 0 Å². The summed E-state index contributed by atoms with van der Waals surface area (Å²) in [5, 5.41) is 12.1. The first-order valence-corrected chi connectivity index (χ1v) is 6.35. The van der Waals surface area contributed by atoms with Crippen LogP contribution in [0.25, 0.3) is 0 Å². The molecule has 3 atom stereocenters. The fourth-order valence-electron chi connectivity index (χ4n) is 1.91. The van der Waals surface area contributed by atoms with Gasteiger partial charge in [0.2, 0.25) is 5.91 Å². The summed E-state index contributed by atoms with van der Waals surface area (Å²) in [4.78, 5) is 22.0. The van der Waals surface area contributed by atoms with Gasteiger partial charge in [-0.05, 0) is 25.0 Å². The van der Waals surface area contributed by atoms with Gasteiger partial charge in [-0.3, -0.25) is 9.59 Å². The molecule has 0 radical (unpaired) electrons. The lowest BCUT2D eigenvalue weighted by Crippen LogP contribution is -2.31. The number of thioether (sulfide) groups is 1. The summed E-state index contributed by atoms with van der Waals surface area (Å²) in [5.41, 5.74) is 0. The van der Waals surface area contributed by atoms with E-state index in [0.29, 0.717) is 18.2 Å². The fourth-order valence-corrected chi connectivity index (χ4v) is 3.11. The zero-order chi connectivity index (χ0) is 10.8. The first kappa shape index (κ1) is 10.8. The van der Waals surface area contributed by atoms with E-state index in [0.717, 1.165) is 6.42 Å². The van der Waals surface area contributed by atoms with E-state index in [1.54, 1.807) is 0 Å². The third-order valence-electron chi connectivity index (χ3n) is 2.97. The van der Waals surface area contributed by atoms with Crippen molar-refractivity contribution >= 4 is 23.6 Å². The summed E-state index contributed by atoms with van der Waals surface area (Å²) in [6, 6.07) is 0. The number of hydrogen-bond acceptors (Lipinski definition) is 3. The molecule has 0 aromatic carbocycles. The maximum Gasteiger partial charge on any atom is 0.307 e. The number of carbonyl (C=O) groups excluding carboxylic acids is 1. The molecule has 1 aliphatic heterocycles. The Morgan fingerprint density at radius 3 is 2.73 bits per heavy atom. The quantitative estimate of drug-likeness (QED) is 0.745. The highest BCUT2D eigenvalue weighted by atomic mass is 32.2. The Hall–Kier alpha value is -0.710. The van der Waals surface area contributed by atoms with Gasteiger partial charge >= 0.3 is 5.97 Å². The Bertz CT molecular complexity index is 276. The zero-order valence-electron chi connectivity index (χ0n) is 8.44. The molecule has 15 heavy (non-hydrogen) atoms. The molecule has 2 aliphatic rings. The molecule has 1 saturated heterocycles. The van der Waals surface area contributed by atoms with Crippen LogP contribution in [-0.2, 0) is 9.59 Å². The molecular weight excluding hydrogens is 214 g/mol. The highest BCUT2D eigenvalue weighted by Crippen LogP contribution is 2.38. The van der Waals surface area contributed by atoms with Crippen LogP contribution in [-0.4, -0.2) is 34.5 Å². The van der Waals surface area contributed by atoms with E-state index >= 15 is 0 Å². The van der Waals surface area contributed by atoms with E-state index in [4.69, 9.17) is 5.11 Å². The van der Waals surface area contributed by atoms with Crippen LogP contribution < -0.4 is 5.32 Å². The van der Waals surface area contributed by atoms with Crippen LogP contribution in [0.4, 0.5) is 0 Å². The van der Waals surface area contributed by atoms with Gasteiger partial charge in [0.1, 0.15) is 0 Å². The third-order valence-corrected chi connectivity index (χ3v) is 4.37. The summed E-state index contributed by atoms with van der Waals surface area (Å²) in [7, 11) is 0. The topological polar surface area (TPSA) is 66.4 Å². The van der Waals surface area contributed by atoms with Crippen molar-refractivity contribution in [3.8, 4) is 0 Å². The molecule has 2 rings (SSSR count). The molecule has 1 aliphatic carbocycles. The lowest BCUT2D eigenvalue weighted by Gasteiger charge is -2.09. The standard InChI is InChI=1S/C10H15NO3S/c12-9(7-4-8(7)10(13)14)11-5-6-2-1-3-15-6/h6-8H,1-5H2,(H,11,12)(H,13,14)/t6?,7-,8+/m1/s1. The number of amides is 1. The minimum atomic E-state index is -0.842. The predicted octanol–water partition coefficient (Wildman–Crippen LogP) is 0.719. The minimum absolute atomic E-state index is 0.0742. The van der Waals surface area contributed by atoms with Crippen molar-refractivity contribution in [2.45, 2.75) is 24.5 Å². The van der Waals surface area contributed by atoms with E-state index in [1.165, 1.54) is 12.2 Å². The van der Waals surface area contributed by atoms with Crippen molar-refractivity contribution in [2.24, 2.45) is 11.8 Å². The predicted molar refractivity (Wildman–Crippen MR) is 57.7 cm³/mol. The number of carboxylic acid groups (broad SMARTS) is 1. The lowest BCUT2D eigenvalue weighted by atomic mass is 10.2. The largest absolute Gasteiger partial charge is 0.481 e. The molecule has 0 aromatic rings. The highest BCUT2D eigenvalue weighted by Gasteiger charge is 2.48. The van der Waals surface area contributed by atoms with Crippen molar-refractivity contribution in [3.05, 3.63) is 0 Å². The van der Waals surface area contributed by atoms with E-state index in [-0.39, 0.29) is 11.8 Å². The molecule has 2 N–H and O–H groups in total. The van der Waals surface area contributed by atoms with Gasteiger partial charge in [0, 0.05) is 11.8 Å². The van der Waals surface area contributed by atoms with Crippen LogP contribution in [0.15, 0.2) is 0 Å². The first-order chi connectivity index (χ1) is 7.18. The molecule has 2 fully saturated rings. The molecule has 0 bridgehead atoms. The van der Waals surface area contributed by atoms with Crippen LogP contribution >= 0.6 is 11.8 Å². The Balaban J connectivity index is 1.67. The van der Waals surface area contributed by atoms with Crippen LogP contribution in [0.1, 0.15) is 19.3 Å². The van der Waals surface area contributed by atoms with Gasteiger partial charge in [0.15, 0.2) is 0 Å². The van der Waals surface area contributed by atoms with Crippen molar-refractivity contribution in [2.75, 3.05) is 12.3 Å². The number of rotatable bonds is 4. The fraction of sp³-hybridized carbons (Fsp3) is 0.800. The Morgan fingerprint density at radius 2 is 2.20 bits per heavy atom. The number of carbonyl (C=O) groups is 2. The van der Waals surface area contributed by atoms with Gasteiger partial charge in [-0.15, -0.1) is 0 Å². The van der Waals surface area contributed by atoms with Gasteiger partial charge in [0.25, 0.3) is 0 Å². The normalized spacial score (nSPS) is 33.7. The second kappa shape index (κ2) is 4.43. The second-order valence-electron chi connectivity index (χ2n) is 4.17. The average molecular weight is 229 g/mol. The van der Waals surface area contributed by atoms with Crippen molar-refractivity contribution in [3.63, 3.8) is 0 Å². The molecule has 1 heterocycles. The number of aliphatic carboxylic acids is 1. The van der Waals surface area contributed by atoms with Crippen LogP contribution in [0, 0.1) is 11.8 Å². The number of nitrogens with one attached hydrogen (secondary N) is 1. The Labute approximate surface area is 92.8 Å². The SMILES string of the molecule is O=C(O)[C@H]1C[C@H]1C(=O)NCC1CCCS1.